The van der Waals surface area contributed by atoms with Crippen LogP contribution < -0.4 is 16.5 Å². The van der Waals surface area contributed by atoms with Crippen LogP contribution in [0.2, 0.25) is 0 Å². The van der Waals surface area contributed by atoms with Gasteiger partial charge in [0.05, 0.1) is 43.3 Å². The average molecular weight is 881 g/mol. The third-order valence-electron chi connectivity index (χ3n) is 12.9. The summed E-state index contributed by atoms with van der Waals surface area (Å²) in [7, 11) is 4.84. The number of hydrazine groups is 1. The molecule has 4 aromatic rings. The first-order chi connectivity index (χ1) is 30.4. The minimum Gasteiger partial charge on any atom is -0.508 e. The molecule has 0 spiro atoms. The molecule has 3 aliphatic heterocycles. The van der Waals surface area contributed by atoms with Crippen molar-refractivity contribution in [2.24, 2.45) is 17.1 Å². The largest absolute Gasteiger partial charge is 0.508 e. The number of nitrogens with one attached hydrogen (secondary N) is 2. The molecule has 3 aliphatic rings. The quantitative estimate of drug-likeness (QED) is 0.163. The predicted octanol–water partition coefficient (Wildman–Crippen LogP) is 5.15. The molecule has 2 saturated heterocycles. The fourth-order valence-electron chi connectivity index (χ4n) is 9.42. The molecule has 344 valence electrons. The smallest absolute Gasteiger partial charge is 0.342 e. The Bertz CT molecular complexity index is 2410. The molecule has 2 aromatic carbocycles. The molecule has 4 atom stereocenters. The minimum absolute atomic E-state index is 0.0182. The van der Waals surface area contributed by atoms with Gasteiger partial charge in [0, 0.05) is 68.9 Å². The lowest BCUT2D eigenvalue weighted by atomic mass is 9.84. The van der Waals surface area contributed by atoms with E-state index in [1.807, 2.05) is 52.8 Å². The number of hydrogen-bond acceptors (Lipinski definition) is 11. The summed E-state index contributed by atoms with van der Waals surface area (Å²) in [6.45, 7) is 13.5. The number of carbonyl (C=O) groups is 4. The number of aromatic nitrogens is 2. The van der Waals surface area contributed by atoms with Crippen molar-refractivity contribution >= 4 is 34.7 Å². The van der Waals surface area contributed by atoms with Crippen molar-refractivity contribution in [2.75, 3.05) is 47.5 Å². The molecular formula is C48H64N8O8. The molecule has 5 heterocycles. The van der Waals surface area contributed by atoms with E-state index >= 15 is 0 Å². The Morgan fingerprint density at radius 1 is 1.09 bits per heavy atom. The van der Waals surface area contributed by atoms with Crippen LogP contribution in [0.5, 0.6) is 5.75 Å². The maximum atomic E-state index is 14.7. The van der Waals surface area contributed by atoms with E-state index in [9.17, 15) is 24.3 Å². The summed E-state index contributed by atoms with van der Waals surface area (Å²) in [6, 6.07) is 12.9. The first-order valence-corrected chi connectivity index (χ1v) is 22.2. The number of aromatic hydroxyl groups is 1. The van der Waals surface area contributed by atoms with Gasteiger partial charge in [0.15, 0.2) is 5.66 Å². The summed E-state index contributed by atoms with van der Waals surface area (Å²) in [4.78, 5) is 64.5. The number of esters is 1. The van der Waals surface area contributed by atoms with Gasteiger partial charge in [-0.05, 0) is 97.7 Å². The van der Waals surface area contributed by atoms with E-state index in [2.05, 4.69) is 40.4 Å². The normalized spacial score (nSPS) is 21.5. The zero-order chi connectivity index (χ0) is 46.2. The maximum Gasteiger partial charge on any atom is 0.342 e. The van der Waals surface area contributed by atoms with Gasteiger partial charge < -0.3 is 44.7 Å². The van der Waals surface area contributed by atoms with Crippen LogP contribution in [0.1, 0.15) is 77.3 Å². The fraction of sp³-hybridized carbons (Fsp3) is 0.521. The number of aryl methyl sites for hydroxylation is 1. The number of hydrogen-bond donors (Lipinski definition) is 4. The number of urea groups is 1. The van der Waals surface area contributed by atoms with Gasteiger partial charge in [-0.25, -0.2) is 15.0 Å². The summed E-state index contributed by atoms with van der Waals surface area (Å²) in [5, 5.41) is 16.5. The molecule has 64 heavy (non-hydrogen) atoms. The number of likely N-dealkylation sites (N-methyl/N-ethyl adjacent to an activating group) is 1. The molecule has 0 unspecified atom stereocenters. The zero-order valence-corrected chi connectivity index (χ0v) is 38.6. The number of benzene rings is 2. The van der Waals surface area contributed by atoms with Gasteiger partial charge in [-0.1, -0.05) is 39.8 Å². The summed E-state index contributed by atoms with van der Waals surface area (Å²) >= 11 is 0. The van der Waals surface area contributed by atoms with E-state index in [1.165, 1.54) is 9.91 Å². The Morgan fingerprint density at radius 3 is 2.53 bits per heavy atom. The predicted molar refractivity (Wildman–Crippen MR) is 243 cm³/mol. The Balaban J connectivity index is 1.35. The van der Waals surface area contributed by atoms with Crippen molar-refractivity contribution in [1.29, 1.82) is 0 Å². The molecule has 5 N–H and O–H groups in total. The van der Waals surface area contributed by atoms with Gasteiger partial charge in [-0.3, -0.25) is 19.6 Å². The van der Waals surface area contributed by atoms with Crippen LogP contribution >= 0.6 is 0 Å². The highest BCUT2D eigenvalue weighted by atomic mass is 16.5. The molecule has 0 radical (unpaired) electrons. The zero-order valence-electron chi connectivity index (χ0n) is 38.6. The van der Waals surface area contributed by atoms with Crippen LogP contribution in [0.25, 0.3) is 33.3 Å². The van der Waals surface area contributed by atoms with Crippen LogP contribution in [0.15, 0.2) is 54.7 Å². The number of ether oxygens (including phenoxy) is 3. The fourth-order valence-corrected chi connectivity index (χ4v) is 9.42. The molecule has 2 aromatic heterocycles. The Morgan fingerprint density at radius 2 is 1.84 bits per heavy atom. The molecule has 7 rings (SSSR count). The van der Waals surface area contributed by atoms with E-state index in [0.717, 1.165) is 39.0 Å². The maximum absolute atomic E-state index is 14.7. The number of phenolic OH excluding ortho intramolecular Hbond substituents is 1. The molecular weight excluding hydrogens is 817 g/mol. The van der Waals surface area contributed by atoms with Gasteiger partial charge in [0.2, 0.25) is 5.91 Å². The Labute approximate surface area is 375 Å². The van der Waals surface area contributed by atoms with Gasteiger partial charge in [-0.15, -0.1) is 0 Å². The number of fused-ring (bicyclic) bond motifs is 6. The molecule has 0 aliphatic carbocycles. The summed E-state index contributed by atoms with van der Waals surface area (Å²) < 4.78 is 19.5. The van der Waals surface area contributed by atoms with Crippen LogP contribution in [0, 0.1) is 11.3 Å². The van der Waals surface area contributed by atoms with Crippen LogP contribution in [-0.2, 0) is 48.0 Å². The highest BCUT2D eigenvalue weighted by molar-refractivity contribution is 5.96. The summed E-state index contributed by atoms with van der Waals surface area (Å²) in [5.74, 6) is -2.12. The van der Waals surface area contributed by atoms with E-state index in [0.29, 0.717) is 43.6 Å². The topological polar surface area (TPSA) is 194 Å². The monoisotopic (exact) mass is 880 g/mol. The van der Waals surface area contributed by atoms with Crippen molar-refractivity contribution in [3.63, 3.8) is 0 Å². The van der Waals surface area contributed by atoms with Gasteiger partial charge in [0.25, 0.3) is 5.91 Å². The number of likely N-dealkylation sites (tertiary alicyclic amines) is 1. The van der Waals surface area contributed by atoms with E-state index in [1.54, 1.807) is 44.5 Å². The Hall–Kier alpha value is -5.55. The van der Waals surface area contributed by atoms with Gasteiger partial charge in [0.1, 0.15) is 17.8 Å². The number of nitrogens with zero attached hydrogens (tertiary/aromatic N) is 5. The molecule has 16 heteroatoms. The number of pyridine rings is 1. The molecule has 16 nitrogen and oxygen atoms in total. The first-order valence-electron chi connectivity index (χ1n) is 22.2. The number of cyclic esters (lactones) is 1. The van der Waals surface area contributed by atoms with Crippen molar-refractivity contribution < 1.29 is 38.5 Å². The number of rotatable bonds is 9. The number of nitrogens with two attached hydrogens (primary N) is 1. The second-order valence-corrected chi connectivity index (χ2v) is 18.7. The highest BCUT2D eigenvalue weighted by Crippen LogP contribution is 2.42. The third-order valence-corrected chi connectivity index (χ3v) is 12.9. The second-order valence-electron chi connectivity index (χ2n) is 18.7. The second kappa shape index (κ2) is 18.5. The first kappa shape index (κ1) is 46.4. The van der Waals surface area contributed by atoms with Crippen molar-refractivity contribution in [3.8, 4) is 28.1 Å². The molecule has 0 saturated carbocycles. The highest BCUT2D eigenvalue weighted by Gasteiger charge is 2.45. The standard InChI is InChI=1S/C48H64N8O8/c1-10-55-39-15-14-31-23-36(39)37(42(55)35-13-11-17-50-40(35)29(4)62-8)24-47(5,6)27-64-45(60)48(49)16-12-18-56(52-48)44(59)38(21-30-19-32(31)22-33(57)20-30)51-43(58)41(28(2)3)53(7)46(61)54-25-34(26-54)63-9/h11,13-15,17,19-20,22-23,28-29,34,38,41,52,57H,10,12,16,18,21,24-27,49H2,1-9H3,(H,51,58)/t29-,38-,41-,48+/m0/s1. The lowest BCUT2D eigenvalue weighted by Gasteiger charge is -2.43. The lowest BCUT2D eigenvalue weighted by molar-refractivity contribution is -0.163. The van der Waals surface area contributed by atoms with Gasteiger partial charge in [-0.2, -0.15) is 0 Å². The number of phenols is 1. The van der Waals surface area contributed by atoms with E-state index in [-0.39, 0.29) is 55.9 Å². The van der Waals surface area contributed by atoms with Crippen molar-refractivity contribution in [2.45, 2.75) is 104 Å². The van der Waals surface area contributed by atoms with Crippen LogP contribution in [-0.4, -0.2) is 125 Å². The van der Waals surface area contributed by atoms with E-state index < -0.39 is 40.9 Å². The average Bonchev–Trinajstić information content (AvgIpc) is 3.54. The van der Waals surface area contributed by atoms with Crippen molar-refractivity contribution in [3.05, 3.63) is 71.5 Å². The summed E-state index contributed by atoms with van der Waals surface area (Å²) in [6.07, 6.45) is 2.45. The van der Waals surface area contributed by atoms with Crippen LogP contribution in [0.3, 0.4) is 0 Å². The lowest BCUT2D eigenvalue weighted by Crippen LogP contribution is -2.71. The molecule has 6 bridgehead atoms. The number of carbonyl (C=O) groups excluding carboxylic acids is 4. The van der Waals surface area contributed by atoms with Gasteiger partial charge >= 0.3 is 12.0 Å². The SMILES string of the molecule is CCn1c(-c2cccnc2[C@H](C)OC)c2c3cc(ccc31)-c1cc(O)cc(c1)C[C@H](NC(=O)[C@H](C(C)C)N(C)C(=O)N1CC(OC)C1)C(=O)N1CCC[C@@](N)(N1)C(=O)OCC(C)(C)C2. The molecule has 2 fully saturated rings. The van der Waals surface area contributed by atoms with E-state index in [4.69, 9.17) is 24.9 Å². The number of methoxy groups -OCH3 is 2. The van der Waals surface area contributed by atoms with Crippen LogP contribution in [0.4, 0.5) is 4.79 Å². The molecule has 4 amide bonds. The van der Waals surface area contributed by atoms with Crippen molar-refractivity contribution in [1.82, 2.24) is 35.1 Å². The minimum atomic E-state index is -1.74. The summed E-state index contributed by atoms with van der Waals surface area (Å²) in [5.41, 5.74) is 14.3. The third kappa shape index (κ3) is 9.19. The number of amides is 4. The Kier molecular flexibility index (Phi) is 13.4.